The van der Waals surface area contributed by atoms with E-state index < -0.39 is 35.6 Å². The minimum absolute atomic E-state index is 0.228. The molecule has 0 unspecified atom stereocenters. The number of para-hydroxylation sites is 1. The molecule has 2 fully saturated rings. The number of hydrogen-bond donors (Lipinski definition) is 1. The summed E-state index contributed by atoms with van der Waals surface area (Å²) >= 11 is 0. The Kier molecular flexibility index (Phi) is 5.83. The molecule has 6 rings (SSSR count). The molecule has 202 valence electrons. The molecule has 3 amide bonds. The highest BCUT2D eigenvalue weighted by molar-refractivity contribution is 6.23. The van der Waals surface area contributed by atoms with Crippen molar-refractivity contribution in [1.82, 2.24) is 14.6 Å². The standard InChI is InChI=1S/C29H31N5O5/c1-5-6-14-32-23-20-21(27(36)33(26(20)35)17-10-8-7-9-11-17)24(32)25-22(23)31-18-13-12-16(15-19(18)34(25)38)30-28(37)39-29(2,3)4/h7-13,15,20-21,23-24,38H,5-6,14H2,1-4H3/b30-16-/t20-,21+,23-,24+/m1/s1. The fourth-order valence-electron chi connectivity index (χ4n) is 6.22. The highest BCUT2D eigenvalue weighted by Gasteiger charge is 2.68. The van der Waals surface area contributed by atoms with Crippen molar-refractivity contribution in [1.29, 1.82) is 0 Å². The zero-order chi connectivity index (χ0) is 27.6. The maximum atomic E-state index is 13.8. The van der Waals surface area contributed by atoms with Crippen LogP contribution in [-0.4, -0.2) is 49.9 Å². The number of fused-ring (bicyclic) bond motifs is 9. The highest BCUT2D eigenvalue weighted by Crippen LogP contribution is 2.62. The molecule has 39 heavy (non-hydrogen) atoms. The van der Waals surface area contributed by atoms with Gasteiger partial charge in [0.25, 0.3) is 0 Å². The number of carbonyl (C=O) groups excluding carboxylic acids is 3. The molecule has 10 heteroatoms. The van der Waals surface area contributed by atoms with Crippen molar-refractivity contribution < 1.29 is 24.3 Å². The molecule has 4 heterocycles. The smallest absolute Gasteiger partial charge is 0.434 e. The van der Waals surface area contributed by atoms with Crippen molar-refractivity contribution in [3.8, 4) is 11.4 Å². The number of unbranched alkanes of at least 4 members (excludes halogenated alkanes) is 1. The van der Waals surface area contributed by atoms with Gasteiger partial charge < -0.3 is 9.94 Å². The normalized spacial score (nSPS) is 24.5. The van der Waals surface area contributed by atoms with Crippen molar-refractivity contribution >= 4 is 23.6 Å². The molecule has 5 aliphatic rings. The molecule has 1 aromatic rings. The van der Waals surface area contributed by atoms with Gasteiger partial charge in [0, 0.05) is 0 Å². The number of imide groups is 1. The summed E-state index contributed by atoms with van der Waals surface area (Å²) in [5.41, 5.74) is 1.84. The third-order valence-electron chi connectivity index (χ3n) is 7.67. The van der Waals surface area contributed by atoms with Gasteiger partial charge >= 0.3 is 6.09 Å². The van der Waals surface area contributed by atoms with Crippen LogP contribution in [0, 0.1) is 11.8 Å². The van der Waals surface area contributed by atoms with Crippen LogP contribution in [0.2, 0.25) is 0 Å². The fourth-order valence-corrected chi connectivity index (χ4v) is 6.22. The van der Waals surface area contributed by atoms with Gasteiger partial charge in [-0.2, -0.15) is 9.72 Å². The molecule has 0 spiro atoms. The number of carbonyl (C=O) groups is 3. The third-order valence-corrected chi connectivity index (χ3v) is 7.67. The molecule has 2 bridgehead atoms. The summed E-state index contributed by atoms with van der Waals surface area (Å²) in [6.07, 6.45) is 1.10. The van der Waals surface area contributed by atoms with E-state index in [0.717, 1.165) is 17.6 Å². The maximum Gasteiger partial charge on any atom is 0.434 e. The van der Waals surface area contributed by atoms with Crippen molar-refractivity contribution in [2.24, 2.45) is 16.8 Å². The highest BCUT2D eigenvalue weighted by atomic mass is 16.6. The molecule has 4 aliphatic heterocycles. The lowest BCUT2D eigenvalue weighted by Gasteiger charge is -2.26. The number of aromatic nitrogens is 2. The quantitative estimate of drug-likeness (QED) is 0.400. The van der Waals surface area contributed by atoms with E-state index in [-0.39, 0.29) is 11.8 Å². The van der Waals surface area contributed by atoms with Crippen LogP contribution in [0.3, 0.4) is 0 Å². The molecule has 10 nitrogen and oxygen atoms in total. The van der Waals surface area contributed by atoms with Crippen LogP contribution in [-0.2, 0) is 14.3 Å². The Bertz CT molecular complexity index is 1530. The molecule has 4 atom stereocenters. The number of benzene rings is 2. The third kappa shape index (κ3) is 3.93. The summed E-state index contributed by atoms with van der Waals surface area (Å²) in [6.45, 7) is 8.05. The molecule has 1 aliphatic carbocycles. The summed E-state index contributed by atoms with van der Waals surface area (Å²) in [7, 11) is 0. The Morgan fingerprint density at radius 2 is 1.74 bits per heavy atom. The predicted octanol–water partition coefficient (Wildman–Crippen LogP) is 4.08. The molecule has 0 aromatic heterocycles. The average Bonchev–Trinajstić information content (AvgIpc) is 3.46. The van der Waals surface area contributed by atoms with Gasteiger partial charge in [-0.25, -0.2) is 14.7 Å². The van der Waals surface area contributed by atoms with Crippen LogP contribution in [0.15, 0.2) is 53.5 Å². The van der Waals surface area contributed by atoms with E-state index in [1.807, 2.05) is 6.07 Å². The van der Waals surface area contributed by atoms with Gasteiger partial charge in [-0.3, -0.25) is 14.5 Å². The number of amides is 3. The van der Waals surface area contributed by atoms with Gasteiger partial charge in [0.05, 0.1) is 52.0 Å². The van der Waals surface area contributed by atoms with Gasteiger partial charge in [0.15, 0.2) is 0 Å². The van der Waals surface area contributed by atoms with Gasteiger partial charge in [-0.1, -0.05) is 31.5 Å². The fraction of sp³-hybridized carbons (Fsp3) is 0.414. The number of rotatable bonds is 4. The van der Waals surface area contributed by atoms with Gasteiger partial charge in [0.2, 0.25) is 11.8 Å². The van der Waals surface area contributed by atoms with E-state index in [1.165, 1.54) is 4.90 Å². The summed E-state index contributed by atoms with van der Waals surface area (Å²) in [6, 6.07) is 12.9. The van der Waals surface area contributed by atoms with Gasteiger partial charge in [-0.05, 0) is 64.1 Å². The zero-order valence-electron chi connectivity index (χ0n) is 22.4. The second kappa shape index (κ2) is 9.01. The van der Waals surface area contributed by atoms with Crippen LogP contribution < -0.4 is 10.3 Å². The minimum atomic E-state index is -0.732. The summed E-state index contributed by atoms with van der Waals surface area (Å²) in [4.78, 5) is 52.2. The topological polar surface area (TPSA) is 117 Å². The maximum absolute atomic E-state index is 13.8. The van der Waals surface area contributed by atoms with Crippen molar-refractivity contribution in [3.63, 3.8) is 0 Å². The van der Waals surface area contributed by atoms with E-state index >= 15 is 0 Å². The zero-order valence-corrected chi connectivity index (χ0v) is 22.4. The first-order valence-corrected chi connectivity index (χ1v) is 13.3. The summed E-state index contributed by atoms with van der Waals surface area (Å²) < 4.78 is 6.36. The average molecular weight is 530 g/mol. The Balaban J connectivity index is 1.46. The number of ether oxygens (including phenoxy) is 1. The lowest BCUT2D eigenvalue weighted by molar-refractivity contribution is -0.124. The summed E-state index contributed by atoms with van der Waals surface area (Å²) in [5.74, 6) is -1.68. The van der Waals surface area contributed by atoms with Gasteiger partial charge in [0.1, 0.15) is 11.3 Å². The van der Waals surface area contributed by atoms with Crippen LogP contribution in [0.4, 0.5) is 10.5 Å². The molecule has 1 aromatic carbocycles. The largest absolute Gasteiger partial charge is 0.442 e. The van der Waals surface area contributed by atoms with Crippen molar-refractivity contribution in [3.05, 3.63) is 65.3 Å². The number of anilines is 1. The van der Waals surface area contributed by atoms with Crippen molar-refractivity contribution in [2.75, 3.05) is 11.4 Å². The monoisotopic (exact) mass is 529 g/mol. The van der Waals surface area contributed by atoms with Crippen LogP contribution in [0.25, 0.3) is 11.4 Å². The predicted molar refractivity (Wildman–Crippen MR) is 141 cm³/mol. The van der Waals surface area contributed by atoms with Crippen LogP contribution in [0.5, 0.6) is 0 Å². The van der Waals surface area contributed by atoms with E-state index in [2.05, 4.69) is 16.8 Å². The Morgan fingerprint density at radius 1 is 1.05 bits per heavy atom. The second-order valence-corrected chi connectivity index (χ2v) is 11.3. The van der Waals surface area contributed by atoms with Crippen molar-refractivity contribution in [2.45, 2.75) is 58.2 Å². The Morgan fingerprint density at radius 3 is 2.41 bits per heavy atom. The minimum Gasteiger partial charge on any atom is -0.442 e. The Labute approximate surface area is 225 Å². The van der Waals surface area contributed by atoms with Gasteiger partial charge in [-0.15, -0.1) is 0 Å². The first kappa shape index (κ1) is 25.2. The number of hydrogen-bond acceptors (Lipinski definition) is 7. The Hall–Kier alpha value is -4.05. The first-order chi connectivity index (χ1) is 18.6. The molecular formula is C29H31N5O5. The lowest BCUT2D eigenvalue weighted by Crippen LogP contribution is -2.36. The molecular weight excluding hydrogens is 498 g/mol. The molecule has 1 N–H and O–H groups in total. The van der Waals surface area contributed by atoms with Crippen LogP contribution in [0.1, 0.15) is 64.0 Å². The number of nitrogens with zero attached hydrogens (tertiary/aromatic N) is 5. The molecule has 0 saturated carbocycles. The van der Waals surface area contributed by atoms with E-state index in [4.69, 9.17) is 9.72 Å². The first-order valence-electron chi connectivity index (χ1n) is 13.3. The van der Waals surface area contributed by atoms with E-state index in [0.29, 0.717) is 40.4 Å². The molecule has 2 saturated heterocycles. The lowest BCUT2D eigenvalue weighted by atomic mass is 9.81. The SMILES string of the molecule is CCCCN1[C@@H]2c3c(nc4cc/c(=N/C(=O)OC(C)(C)C)cc-4n3O)[C@H]1[C@@H]1C(=O)N(c3ccccc3)C(=O)[C@@H]12. The van der Waals surface area contributed by atoms with E-state index in [1.54, 1.807) is 63.2 Å². The van der Waals surface area contributed by atoms with E-state index in [9.17, 15) is 19.6 Å². The van der Waals surface area contributed by atoms with Crippen LogP contribution >= 0.6 is 0 Å². The second-order valence-electron chi connectivity index (χ2n) is 11.3. The molecule has 0 radical (unpaired) electrons. The summed E-state index contributed by atoms with van der Waals surface area (Å²) in [5, 5.41) is 11.8.